The van der Waals surface area contributed by atoms with Gasteiger partial charge in [-0.05, 0) is 31.7 Å². The normalized spacial score (nSPS) is 38.1. The highest BCUT2D eigenvalue weighted by molar-refractivity contribution is 4.95. The van der Waals surface area contributed by atoms with Crippen molar-refractivity contribution in [3.05, 3.63) is 0 Å². The Morgan fingerprint density at radius 3 is 3.00 bits per heavy atom. The topological polar surface area (TPSA) is 49.5 Å². The second-order valence-corrected chi connectivity index (χ2v) is 5.90. The van der Waals surface area contributed by atoms with Crippen molar-refractivity contribution in [1.29, 1.82) is 0 Å². The quantitative estimate of drug-likeness (QED) is 0.760. The Balaban J connectivity index is 1.89. The molecule has 2 aliphatic rings. The van der Waals surface area contributed by atoms with Crippen LogP contribution in [0, 0.1) is 11.8 Å². The van der Waals surface area contributed by atoms with E-state index in [1.165, 1.54) is 19.3 Å². The molecule has 3 nitrogen and oxygen atoms in total. The Morgan fingerprint density at radius 2 is 2.25 bits per heavy atom. The van der Waals surface area contributed by atoms with Crippen LogP contribution in [0.2, 0.25) is 0 Å². The Morgan fingerprint density at radius 1 is 1.44 bits per heavy atom. The number of hydrogen-bond acceptors (Lipinski definition) is 3. The van der Waals surface area contributed by atoms with Crippen molar-refractivity contribution in [2.24, 2.45) is 17.6 Å². The van der Waals surface area contributed by atoms with Gasteiger partial charge in [-0.1, -0.05) is 19.8 Å². The summed E-state index contributed by atoms with van der Waals surface area (Å²) < 4.78 is 0. The molecule has 16 heavy (non-hydrogen) atoms. The van der Waals surface area contributed by atoms with E-state index >= 15 is 0 Å². The second kappa shape index (κ2) is 5.03. The molecule has 3 heteroatoms. The summed E-state index contributed by atoms with van der Waals surface area (Å²) in [5.41, 5.74) is 5.34. The van der Waals surface area contributed by atoms with Crippen LogP contribution >= 0.6 is 0 Å². The number of likely N-dealkylation sites (tertiary alicyclic amines) is 1. The molecule has 2 rings (SSSR count). The van der Waals surface area contributed by atoms with Crippen LogP contribution < -0.4 is 5.73 Å². The molecule has 3 unspecified atom stereocenters. The van der Waals surface area contributed by atoms with Crippen LogP contribution in [0.25, 0.3) is 0 Å². The number of piperidine rings is 1. The standard InChI is InChI=1S/C13H26N2O/c1-11(8-14)9-15-7-6-13(16)5-3-2-4-12(13)10-15/h11-12,16H,2-10,14H2,1H3. The Hall–Kier alpha value is -0.120. The van der Waals surface area contributed by atoms with Gasteiger partial charge in [0.05, 0.1) is 5.60 Å². The summed E-state index contributed by atoms with van der Waals surface area (Å²) in [4.78, 5) is 2.50. The number of rotatable bonds is 3. The van der Waals surface area contributed by atoms with E-state index in [0.717, 1.165) is 39.0 Å². The van der Waals surface area contributed by atoms with Gasteiger partial charge >= 0.3 is 0 Å². The van der Waals surface area contributed by atoms with Crippen molar-refractivity contribution < 1.29 is 5.11 Å². The Kier molecular flexibility index (Phi) is 3.88. The second-order valence-electron chi connectivity index (χ2n) is 5.90. The highest BCUT2D eigenvalue weighted by atomic mass is 16.3. The summed E-state index contributed by atoms with van der Waals surface area (Å²) in [6.45, 7) is 6.22. The molecule has 3 N–H and O–H groups in total. The van der Waals surface area contributed by atoms with Crippen LogP contribution in [0.5, 0.6) is 0 Å². The first-order chi connectivity index (χ1) is 7.64. The van der Waals surface area contributed by atoms with Crippen LogP contribution in [-0.4, -0.2) is 41.8 Å². The van der Waals surface area contributed by atoms with E-state index in [-0.39, 0.29) is 5.60 Å². The minimum absolute atomic E-state index is 0.333. The lowest BCUT2D eigenvalue weighted by Gasteiger charge is -2.47. The Bertz CT molecular complexity index is 234. The third kappa shape index (κ3) is 2.58. The van der Waals surface area contributed by atoms with Gasteiger partial charge in [0.1, 0.15) is 0 Å². The van der Waals surface area contributed by atoms with Gasteiger partial charge in [-0.15, -0.1) is 0 Å². The molecule has 1 saturated heterocycles. The van der Waals surface area contributed by atoms with E-state index in [9.17, 15) is 5.11 Å². The molecular formula is C13H26N2O. The molecule has 2 fully saturated rings. The molecule has 1 aliphatic carbocycles. The molecule has 0 amide bonds. The molecule has 0 bridgehead atoms. The zero-order valence-corrected chi connectivity index (χ0v) is 10.5. The van der Waals surface area contributed by atoms with E-state index < -0.39 is 0 Å². The summed E-state index contributed by atoms with van der Waals surface area (Å²) in [5.74, 6) is 1.09. The van der Waals surface area contributed by atoms with Crippen molar-refractivity contribution in [2.45, 2.75) is 44.6 Å². The Labute approximate surface area is 99.0 Å². The molecule has 0 aromatic carbocycles. The molecule has 0 aromatic heterocycles. The van der Waals surface area contributed by atoms with Gasteiger partial charge in [0.25, 0.3) is 0 Å². The fourth-order valence-corrected chi connectivity index (χ4v) is 3.32. The molecule has 1 saturated carbocycles. The van der Waals surface area contributed by atoms with E-state index in [1.807, 2.05) is 0 Å². The van der Waals surface area contributed by atoms with E-state index in [0.29, 0.717) is 11.8 Å². The van der Waals surface area contributed by atoms with Crippen molar-refractivity contribution in [3.8, 4) is 0 Å². The average Bonchev–Trinajstić information content (AvgIpc) is 2.29. The largest absolute Gasteiger partial charge is 0.390 e. The van der Waals surface area contributed by atoms with Crippen LogP contribution in [0.4, 0.5) is 0 Å². The lowest BCUT2D eigenvalue weighted by Crippen LogP contribution is -2.54. The lowest BCUT2D eigenvalue weighted by molar-refractivity contribution is -0.0967. The highest BCUT2D eigenvalue weighted by Crippen LogP contribution is 2.39. The number of aliphatic hydroxyl groups is 1. The molecule has 94 valence electrons. The zero-order valence-electron chi connectivity index (χ0n) is 10.5. The van der Waals surface area contributed by atoms with Crippen molar-refractivity contribution in [3.63, 3.8) is 0 Å². The highest BCUT2D eigenvalue weighted by Gasteiger charge is 2.42. The summed E-state index contributed by atoms with van der Waals surface area (Å²) >= 11 is 0. The molecule has 0 radical (unpaired) electrons. The summed E-state index contributed by atoms with van der Waals surface area (Å²) in [6.07, 6.45) is 5.72. The number of nitrogens with zero attached hydrogens (tertiary/aromatic N) is 1. The minimum atomic E-state index is -0.333. The average molecular weight is 226 g/mol. The smallest absolute Gasteiger partial charge is 0.0700 e. The zero-order chi connectivity index (χ0) is 11.6. The fraction of sp³-hybridized carbons (Fsp3) is 1.00. The molecule has 3 atom stereocenters. The number of hydrogen-bond donors (Lipinski definition) is 2. The first kappa shape index (κ1) is 12.3. The van der Waals surface area contributed by atoms with Crippen LogP contribution in [0.3, 0.4) is 0 Å². The monoisotopic (exact) mass is 226 g/mol. The van der Waals surface area contributed by atoms with E-state index in [2.05, 4.69) is 11.8 Å². The molecule has 1 aliphatic heterocycles. The first-order valence-electron chi connectivity index (χ1n) is 6.79. The summed E-state index contributed by atoms with van der Waals surface area (Å²) in [6, 6.07) is 0. The van der Waals surface area contributed by atoms with Gasteiger partial charge in [-0.3, -0.25) is 0 Å². The van der Waals surface area contributed by atoms with E-state index in [1.54, 1.807) is 0 Å². The van der Waals surface area contributed by atoms with Gasteiger partial charge < -0.3 is 15.7 Å². The van der Waals surface area contributed by atoms with Gasteiger partial charge in [0.15, 0.2) is 0 Å². The van der Waals surface area contributed by atoms with Crippen molar-refractivity contribution in [1.82, 2.24) is 4.90 Å². The van der Waals surface area contributed by atoms with Gasteiger partial charge in [-0.25, -0.2) is 0 Å². The third-order valence-corrected chi connectivity index (χ3v) is 4.48. The van der Waals surface area contributed by atoms with E-state index in [4.69, 9.17) is 5.73 Å². The lowest BCUT2D eigenvalue weighted by atomic mass is 9.71. The molecule has 0 spiro atoms. The van der Waals surface area contributed by atoms with Crippen LogP contribution in [-0.2, 0) is 0 Å². The summed E-state index contributed by atoms with van der Waals surface area (Å²) in [5, 5.41) is 10.5. The van der Waals surface area contributed by atoms with Crippen molar-refractivity contribution in [2.75, 3.05) is 26.2 Å². The molecular weight excluding hydrogens is 200 g/mol. The van der Waals surface area contributed by atoms with Crippen molar-refractivity contribution >= 4 is 0 Å². The first-order valence-corrected chi connectivity index (χ1v) is 6.79. The SMILES string of the molecule is CC(CN)CN1CCC2(O)CCCCC2C1. The maximum Gasteiger partial charge on any atom is 0.0700 e. The van der Waals surface area contributed by atoms with Crippen LogP contribution in [0.1, 0.15) is 39.0 Å². The fourth-order valence-electron chi connectivity index (χ4n) is 3.32. The maximum absolute atomic E-state index is 10.5. The predicted octanol–water partition coefficient (Wildman–Crippen LogP) is 1.21. The third-order valence-electron chi connectivity index (χ3n) is 4.48. The summed E-state index contributed by atoms with van der Waals surface area (Å²) in [7, 11) is 0. The number of nitrogens with two attached hydrogens (primary N) is 1. The van der Waals surface area contributed by atoms with Gasteiger partial charge in [-0.2, -0.15) is 0 Å². The predicted molar refractivity (Wildman–Crippen MR) is 66.2 cm³/mol. The minimum Gasteiger partial charge on any atom is -0.390 e. The maximum atomic E-state index is 10.5. The van der Waals surface area contributed by atoms with Gasteiger partial charge in [0, 0.05) is 25.6 Å². The molecule has 1 heterocycles. The number of fused-ring (bicyclic) bond motifs is 1. The van der Waals surface area contributed by atoms with Gasteiger partial charge in [0.2, 0.25) is 0 Å². The molecule has 0 aromatic rings. The van der Waals surface area contributed by atoms with Crippen LogP contribution in [0.15, 0.2) is 0 Å².